The quantitative estimate of drug-likeness (QED) is 0.799. The van der Waals surface area contributed by atoms with Crippen molar-refractivity contribution >= 4 is 27.7 Å². The fourth-order valence-corrected chi connectivity index (χ4v) is 2.78. The summed E-state index contributed by atoms with van der Waals surface area (Å²) < 4.78 is 22.0. The first-order valence-electron chi connectivity index (χ1n) is 5.45. The molecule has 0 aliphatic heterocycles. The Morgan fingerprint density at radius 1 is 1.44 bits per heavy atom. The zero-order valence-electron chi connectivity index (χ0n) is 10.5. The number of hydrogen-bond donors (Lipinski definition) is 0. The Morgan fingerprint density at radius 3 is 2.78 bits per heavy atom. The molecule has 4 nitrogen and oxygen atoms in total. The number of fused-ring (bicyclic) bond motifs is 1. The number of aryl methyl sites for hydroxylation is 1. The van der Waals surface area contributed by atoms with E-state index < -0.39 is 16.8 Å². The minimum absolute atomic E-state index is 0.000852. The molecule has 0 aliphatic rings. The Morgan fingerprint density at radius 2 is 2.17 bits per heavy atom. The predicted octanol–water partition coefficient (Wildman–Crippen LogP) is 2.19. The molecule has 1 heterocycles. The van der Waals surface area contributed by atoms with Crippen molar-refractivity contribution in [1.29, 1.82) is 0 Å². The average Bonchev–Trinajstić information content (AvgIpc) is 2.65. The van der Waals surface area contributed by atoms with Gasteiger partial charge in [-0.2, -0.15) is 0 Å². The van der Waals surface area contributed by atoms with Gasteiger partial charge in [0, 0.05) is 11.6 Å². The molecule has 0 amide bonds. The number of ether oxygens (including phenoxy) is 1. The summed E-state index contributed by atoms with van der Waals surface area (Å²) in [6, 6.07) is 5.65. The van der Waals surface area contributed by atoms with E-state index in [0.29, 0.717) is 16.2 Å². The average molecular weight is 266 g/mol. The highest BCUT2D eigenvalue weighted by molar-refractivity contribution is 7.84. The van der Waals surface area contributed by atoms with Gasteiger partial charge >= 0.3 is 5.97 Å². The van der Waals surface area contributed by atoms with Gasteiger partial charge in [0.05, 0.1) is 22.8 Å². The first kappa shape index (κ1) is 12.8. The summed E-state index contributed by atoms with van der Waals surface area (Å²) in [5.41, 5.74) is 1.70. The lowest BCUT2D eigenvalue weighted by molar-refractivity contribution is -0.140. The maximum Gasteiger partial charge on any atom is 0.313 e. The Bertz CT molecular complexity index is 627. The highest BCUT2D eigenvalue weighted by atomic mass is 32.2. The van der Waals surface area contributed by atoms with Crippen LogP contribution in [0.5, 0.6) is 0 Å². The molecule has 1 aromatic carbocycles. The van der Waals surface area contributed by atoms with Crippen LogP contribution in [0.4, 0.5) is 0 Å². The molecule has 2 aromatic rings. The van der Waals surface area contributed by atoms with Gasteiger partial charge in [0.15, 0.2) is 0 Å². The molecule has 18 heavy (non-hydrogen) atoms. The standard InChI is InChI=1S/C13H14O4S/c1-8-4-5-10-9(6-8)13(18(3)15)11(17-10)7-12(14)16-2/h4-6H,7H2,1-3H3/t18-/m1/s1. The summed E-state index contributed by atoms with van der Waals surface area (Å²) in [4.78, 5) is 11.9. The summed E-state index contributed by atoms with van der Waals surface area (Å²) in [6.45, 7) is 1.95. The molecule has 1 aromatic heterocycles. The predicted molar refractivity (Wildman–Crippen MR) is 69.0 cm³/mol. The number of esters is 1. The van der Waals surface area contributed by atoms with Gasteiger partial charge in [-0.1, -0.05) is 11.6 Å². The number of carbonyl (C=O) groups excluding carboxylic acids is 1. The number of furan rings is 1. The van der Waals surface area contributed by atoms with Gasteiger partial charge in [-0.15, -0.1) is 0 Å². The van der Waals surface area contributed by atoms with Crippen LogP contribution < -0.4 is 0 Å². The van der Waals surface area contributed by atoms with Crippen molar-refractivity contribution in [2.75, 3.05) is 13.4 Å². The molecular formula is C13H14O4S. The molecule has 0 bridgehead atoms. The van der Waals surface area contributed by atoms with Gasteiger partial charge in [-0.3, -0.25) is 9.00 Å². The van der Waals surface area contributed by atoms with E-state index in [1.807, 2.05) is 25.1 Å². The van der Waals surface area contributed by atoms with Crippen molar-refractivity contribution in [3.05, 3.63) is 29.5 Å². The third kappa shape index (κ3) is 2.31. The zero-order valence-corrected chi connectivity index (χ0v) is 11.3. The molecule has 0 radical (unpaired) electrons. The molecule has 0 unspecified atom stereocenters. The van der Waals surface area contributed by atoms with Crippen molar-refractivity contribution in [1.82, 2.24) is 0 Å². The van der Waals surface area contributed by atoms with Crippen molar-refractivity contribution in [2.45, 2.75) is 18.2 Å². The Balaban J connectivity index is 2.62. The van der Waals surface area contributed by atoms with Crippen LogP contribution in [0.15, 0.2) is 27.5 Å². The number of hydrogen-bond acceptors (Lipinski definition) is 4. The monoisotopic (exact) mass is 266 g/mol. The van der Waals surface area contributed by atoms with E-state index in [4.69, 9.17) is 4.42 Å². The van der Waals surface area contributed by atoms with Gasteiger partial charge < -0.3 is 9.15 Å². The summed E-state index contributed by atoms with van der Waals surface area (Å²) in [5, 5.41) is 0.801. The molecule has 0 fully saturated rings. The minimum Gasteiger partial charge on any atom is -0.469 e. The van der Waals surface area contributed by atoms with Crippen molar-refractivity contribution in [2.24, 2.45) is 0 Å². The second kappa shape index (κ2) is 4.94. The normalized spacial score (nSPS) is 12.6. The van der Waals surface area contributed by atoms with Crippen LogP contribution in [-0.4, -0.2) is 23.5 Å². The minimum atomic E-state index is -1.21. The van der Waals surface area contributed by atoms with E-state index >= 15 is 0 Å². The van der Waals surface area contributed by atoms with Crippen LogP contribution in [0.3, 0.4) is 0 Å². The zero-order chi connectivity index (χ0) is 13.3. The van der Waals surface area contributed by atoms with Crippen LogP contribution in [0.2, 0.25) is 0 Å². The molecule has 0 saturated heterocycles. The van der Waals surface area contributed by atoms with Crippen molar-refractivity contribution in [3.63, 3.8) is 0 Å². The van der Waals surface area contributed by atoms with E-state index in [9.17, 15) is 9.00 Å². The highest BCUT2D eigenvalue weighted by Crippen LogP contribution is 2.29. The molecule has 0 spiro atoms. The summed E-state index contributed by atoms with van der Waals surface area (Å²) in [7, 11) is 0.105. The highest BCUT2D eigenvalue weighted by Gasteiger charge is 2.19. The second-order valence-electron chi connectivity index (χ2n) is 4.06. The van der Waals surface area contributed by atoms with Gasteiger partial charge in [-0.05, 0) is 19.1 Å². The van der Waals surface area contributed by atoms with Gasteiger partial charge in [-0.25, -0.2) is 0 Å². The molecule has 0 saturated carbocycles. The Kier molecular flexibility index (Phi) is 3.52. The Hall–Kier alpha value is -1.62. The summed E-state index contributed by atoms with van der Waals surface area (Å²) in [5.74, 6) is 0.0146. The Labute approximate surface area is 107 Å². The SMILES string of the molecule is COC(=O)Cc1oc2ccc(C)cc2c1[S@@](C)=O. The van der Waals surface area contributed by atoms with Crippen LogP contribution in [0.25, 0.3) is 11.0 Å². The lowest BCUT2D eigenvalue weighted by atomic mass is 10.2. The topological polar surface area (TPSA) is 56.5 Å². The van der Waals surface area contributed by atoms with E-state index in [0.717, 1.165) is 10.9 Å². The lowest BCUT2D eigenvalue weighted by Gasteiger charge is -1.99. The second-order valence-corrected chi connectivity index (χ2v) is 5.38. The lowest BCUT2D eigenvalue weighted by Crippen LogP contribution is -2.05. The van der Waals surface area contributed by atoms with Crippen LogP contribution in [-0.2, 0) is 26.8 Å². The van der Waals surface area contributed by atoms with E-state index in [-0.39, 0.29) is 6.42 Å². The summed E-state index contributed by atoms with van der Waals surface area (Å²) in [6.07, 6.45) is 1.58. The van der Waals surface area contributed by atoms with Crippen molar-refractivity contribution < 1.29 is 18.2 Å². The molecule has 0 aliphatic carbocycles. The van der Waals surface area contributed by atoms with Gasteiger partial charge in [0.25, 0.3) is 0 Å². The molecule has 1 atom stereocenters. The van der Waals surface area contributed by atoms with Crippen molar-refractivity contribution in [3.8, 4) is 0 Å². The number of carbonyl (C=O) groups is 1. The number of benzene rings is 1. The van der Waals surface area contributed by atoms with Crippen LogP contribution >= 0.6 is 0 Å². The summed E-state index contributed by atoms with van der Waals surface area (Å²) >= 11 is 0. The third-order valence-electron chi connectivity index (χ3n) is 2.69. The molecule has 5 heteroatoms. The maximum atomic E-state index is 11.8. The van der Waals surface area contributed by atoms with E-state index in [1.54, 1.807) is 6.26 Å². The first-order chi connectivity index (χ1) is 8.52. The molecular weight excluding hydrogens is 252 g/mol. The third-order valence-corrected chi connectivity index (χ3v) is 3.71. The smallest absolute Gasteiger partial charge is 0.313 e. The van der Waals surface area contributed by atoms with E-state index in [2.05, 4.69) is 4.74 Å². The number of rotatable bonds is 3. The van der Waals surface area contributed by atoms with Crippen LogP contribution in [0, 0.1) is 6.92 Å². The largest absolute Gasteiger partial charge is 0.469 e. The van der Waals surface area contributed by atoms with Crippen LogP contribution in [0.1, 0.15) is 11.3 Å². The molecule has 2 rings (SSSR count). The first-order valence-corrected chi connectivity index (χ1v) is 7.01. The maximum absolute atomic E-state index is 11.8. The number of methoxy groups -OCH3 is 1. The van der Waals surface area contributed by atoms with Gasteiger partial charge in [0.2, 0.25) is 0 Å². The molecule has 96 valence electrons. The van der Waals surface area contributed by atoms with E-state index in [1.165, 1.54) is 7.11 Å². The molecule has 0 N–H and O–H groups in total. The fraction of sp³-hybridized carbons (Fsp3) is 0.308. The van der Waals surface area contributed by atoms with Gasteiger partial charge in [0.1, 0.15) is 17.8 Å². The fourth-order valence-electron chi connectivity index (χ4n) is 1.87.